The first kappa shape index (κ1) is 6.85. The highest BCUT2D eigenvalue weighted by Gasteiger charge is 2.24. The Kier molecular flexibility index (Phi) is 1.66. The number of nitrogens with zero attached hydrogens (tertiary/aromatic N) is 1. The van der Waals surface area contributed by atoms with Crippen LogP contribution >= 0.6 is 0 Å². The van der Waals surface area contributed by atoms with Crippen molar-refractivity contribution in [3.8, 4) is 0 Å². The molecule has 0 amide bonds. The summed E-state index contributed by atoms with van der Waals surface area (Å²) in [6, 6.07) is 0.409. The third-order valence-electron chi connectivity index (χ3n) is 2.27. The molecule has 2 heterocycles. The minimum Gasteiger partial charge on any atom is -0.507 e. The molecule has 2 N–H and O–H groups in total. The van der Waals surface area contributed by atoms with Gasteiger partial charge in [-0.15, -0.1) is 0 Å². The molecule has 0 radical (unpaired) electrons. The molecule has 2 atom stereocenters. The molecular formula is C8H12N2O. The number of piperidine rings is 1. The van der Waals surface area contributed by atoms with Crippen LogP contribution in [0.15, 0.2) is 16.8 Å². The molecule has 0 aromatic carbocycles. The quantitative estimate of drug-likeness (QED) is 0.530. The molecule has 0 aromatic rings. The molecule has 60 valence electrons. The summed E-state index contributed by atoms with van der Waals surface area (Å²) in [4.78, 5) is 4.25. The van der Waals surface area contributed by atoms with E-state index in [0.29, 0.717) is 17.7 Å². The lowest BCUT2D eigenvalue weighted by Gasteiger charge is -2.29. The lowest BCUT2D eigenvalue weighted by Crippen LogP contribution is -2.39. The number of aliphatic imine (C=N–C) groups is 1. The van der Waals surface area contributed by atoms with Crippen LogP contribution in [0.5, 0.6) is 0 Å². The zero-order valence-corrected chi connectivity index (χ0v) is 6.33. The number of aliphatic hydroxyl groups is 1. The number of hydrogen-bond donors (Lipinski definition) is 2. The Bertz CT molecular complexity index is 210. The second kappa shape index (κ2) is 2.66. The number of rotatable bonds is 0. The normalized spacial score (nSPS) is 36.2. The monoisotopic (exact) mass is 152 g/mol. The van der Waals surface area contributed by atoms with Gasteiger partial charge in [0.2, 0.25) is 0 Å². The minimum atomic E-state index is 0.315. The molecule has 11 heavy (non-hydrogen) atoms. The smallest absolute Gasteiger partial charge is 0.129 e. The summed E-state index contributed by atoms with van der Waals surface area (Å²) in [6.45, 7) is 2.00. The predicted molar refractivity (Wildman–Crippen MR) is 44.0 cm³/mol. The highest BCUT2D eigenvalue weighted by Crippen LogP contribution is 2.20. The highest BCUT2D eigenvalue weighted by atomic mass is 16.3. The van der Waals surface area contributed by atoms with Crippen molar-refractivity contribution in [2.45, 2.75) is 12.5 Å². The van der Waals surface area contributed by atoms with E-state index in [0.717, 1.165) is 19.5 Å². The van der Waals surface area contributed by atoms with E-state index < -0.39 is 0 Å². The topological polar surface area (TPSA) is 44.6 Å². The zero-order chi connectivity index (χ0) is 7.68. The van der Waals surface area contributed by atoms with E-state index in [4.69, 9.17) is 5.11 Å². The van der Waals surface area contributed by atoms with Crippen LogP contribution < -0.4 is 5.32 Å². The van der Waals surface area contributed by atoms with Gasteiger partial charge < -0.3 is 10.4 Å². The van der Waals surface area contributed by atoms with Gasteiger partial charge in [0.05, 0.1) is 12.3 Å². The molecule has 1 saturated heterocycles. The van der Waals surface area contributed by atoms with Crippen molar-refractivity contribution in [3.63, 3.8) is 0 Å². The lowest BCUT2D eigenvalue weighted by molar-refractivity contribution is 0.356. The number of fused-ring (bicyclic) bond motifs is 1. The maximum absolute atomic E-state index is 9.13. The van der Waals surface area contributed by atoms with Crippen molar-refractivity contribution in [2.75, 3.05) is 13.1 Å². The number of dihydropyridines is 1. The summed E-state index contributed by atoms with van der Waals surface area (Å²) in [5, 5.41) is 12.4. The molecule has 2 aliphatic rings. The predicted octanol–water partition coefficient (Wildman–Crippen LogP) is 0.491. The van der Waals surface area contributed by atoms with E-state index in [1.54, 1.807) is 6.21 Å². The van der Waals surface area contributed by atoms with Crippen LogP contribution in [0.1, 0.15) is 6.42 Å². The lowest BCUT2D eigenvalue weighted by atomic mass is 9.92. The van der Waals surface area contributed by atoms with E-state index >= 15 is 0 Å². The van der Waals surface area contributed by atoms with Crippen molar-refractivity contribution in [1.29, 1.82) is 0 Å². The van der Waals surface area contributed by atoms with Gasteiger partial charge in [0.15, 0.2) is 0 Å². The van der Waals surface area contributed by atoms with Gasteiger partial charge in [-0.1, -0.05) is 0 Å². The number of allylic oxidation sites excluding steroid dienone is 1. The van der Waals surface area contributed by atoms with Crippen LogP contribution in [0, 0.1) is 5.92 Å². The van der Waals surface area contributed by atoms with Gasteiger partial charge in [0.1, 0.15) is 5.76 Å². The van der Waals surface area contributed by atoms with Crippen LogP contribution in [0.4, 0.5) is 0 Å². The third kappa shape index (κ3) is 1.28. The van der Waals surface area contributed by atoms with E-state index in [-0.39, 0.29) is 0 Å². The Morgan fingerprint density at radius 3 is 3.45 bits per heavy atom. The van der Waals surface area contributed by atoms with Crippen molar-refractivity contribution in [3.05, 3.63) is 11.8 Å². The molecular weight excluding hydrogens is 140 g/mol. The number of nitrogens with one attached hydrogen (secondary N) is 1. The highest BCUT2D eigenvalue weighted by molar-refractivity contribution is 5.76. The van der Waals surface area contributed by atoms with Gasteiger partial charge in [0.25, 0.3) is 0 Å². The van der Waals surface area contributed by atoms with Gasteiger partial charge >= 0.3 is 0 Å². The molecule has 2 aliphatic heterocycles. The van der Waals surface area contributed by atoms with Crippen LogP contribution in [0.25, 0.3) is 0 Å². The molecule has 0 bridgehead atoms. The number of aliphatic hydroxyl groups excluding tert-OH is 1. The van der Waals surface area contributed by atoms with Crippen LogP contribution in [0.3, 0.4) is 0 Å². The second-order valence-corrected chi connectivity index (χ2v) is 3.09. The van der Waals surface area contributed by atoms with Gasteiger partial charge in [-0.2, -0.15) is 0 Å². The summed E-state index contributed by atoms with van der Waals surface area (Å²) in [6.07, 6.45) is 4.54. The number of hydrogen-bond acceptors (Lipinski definition) is 3. The van der Waals surface area contributed by atoms with Gasteiger partial charge in [0, 0.05) is 12.5 Å². The summed E-state index contributed by atoms with van der Waals surface area (Å²) in [5.74, 6) is 0.726. The van der Waals surface area contributed by atoms with Gasteiger partial charge in [-0.3, -0.25) is 4.99 Å². The first-order valence-corrected chi connectivity index (χ1v) is 4.01. The Morgan fingerprint density at radius 2 is 2.55 bits per heavy atom. The Morgan fingerprint density at radius 1 is 1.64 bits per heavy atom. The zero-order valence-electron chi connectivity index (χ0n) is 6.33. The molecule has 0 aromatic heterocycles. The maximum atomic E-state index is 9.13. The van der Waals surface area contributed by atoms with E-state index in [1.165, 1.54) is 0 Å². The van der Waals surface area contributed by atoms with Crippen LogP contribution in [-0.2, 0) is 0 Å². The molecule has 0 spiro atoms. The Balaban J connectivity index is 2.13. The molecule has 3 nitrogen and oxygen atoms in total. The molecule has 0 aliphatic carbocycles. The van der Waals surface area contributed by atoms with Gasteiger partial charge in [-0.25, -0.2) is 0 Å². The van der Waals surface area contributed by atoms with Crippen molar-refractivity contribution in [2.24, 2.45) is 10.9 Å². The average molecular weight is 152 g/mol. The van der Waals surface area contributed by atoms with Crippen molar-refractivity contribution < 1.29 is 5.11 Å². The molecule has 1 fully saturated rings. The maximum Gasteiger partial charge on any atom is 0.129 e. The van der Waals surface area contributed by atoms with Crippen LogP contribution in [0.2, 0.25) is 0 Å². The fourth-order valence-corrected chi connectivity index (χ4v) is 1.66. The van der Waals surface area contributed by atoms with Crippen molar-refractivity contribution >= 4 is 6.21 Å². The van der Waals surface area contributed by atoms with E-state index in [1.807, 2.05) is 6.08 Å². The minimum absolute atomic E-state index is 0.315. The third-order valence-corrected chi connectivity index (χ3v) is 2.27. The Hall–Kier alpha value is -0.830. The fourth-order valence-electron chi connectivity index (χ4n) is 1.66. The first-order chi connectivity index (χ1) is 5.36. The first-order valence-electron chi connectivity index (χ1n) is 4.01. The van der Waals surface area contributed by atoms with Crippen LogP contribution in [-0.4, -0.2) is 30.5 Å². The van der Waals surface area contributed by atoms with E-state index in [9.17, 15) is 0 Å². The largest absolute Gasteiger partial charge is 0.507 e. The SMILES string of the molecule is OC1=CC2CNCCC2N=C1. The fraction of sp³-hybridized carbons (Fsp3) is 0.625. The molecule has 2 unspecified atom stereocenters. The van der Waals surface area contributed by atoms with E-state index in [2.05, 4.69) is 10.3 Å². The summed E-state index contributed by atoms with van der Waals surface area (Å²) < 4.78 is 0. The van der Waals surface area contributed by atoms with Gasteiger partial charge in [-0.05, 0) is 19.0 Å². The summed E-state index contributed by atoms with van der Waals surface area (Å²) in [7, 11) is 0. The summed E-state index contributed by atoms with van der Waals surface area (Å²) in [5.41, 5.74) is 0. The Labute approximate surface area is 65.8 Å². The molecule has 3 heteroatoms. The average Bonchev–Trinajstić information content (AvgIpc) is 2.04. The molecule has 0 saturated carbocycles. The second-order valence-electron chi connectivity index (χ2n) is 3.09. The summed E-state index contributed by atoms with van der Waals surface area (Å²) >= 11 is 0. The van der Waals surface area contributed by atoms with Crippen molar-refractivity contribution in [1.82, 2.24) is 5.32 Å². The molecule has 2 rings (SSSR count). The standard InChI is InChI=1S/C8H12N2O/c11-7-3-6-4-9-2-1-8(6)10-5-7/h3,5-6,8-9,11H,1-2,4H2.